The van der Waals surface area contributed by atoms with Gasteiger partial charge in [0.05, 0.1) is 4.90 Å². The van der Waals surface area contributed by atoms with Crippen molar-refractivity contribution in [2.45, 2.75) is 62.4 Å². The lowest BCUT2D eigenvalue weighted by molar-refractivity contribution is 0.0779. The van der Waals surface area contributed by atoms with Crippen molar-refractivity contribution in [3.8, 4) is 0 Å². The van der Waals surface area contributed by atoms with Gasteiger partial charge in [0.25, 0.3) is 5.91 Å². The van der Waals surface area contributed by atoms with E-state index in [0.29, 0.717) is 29.5 Å². The van der Waals surface area contributed by atoms with Crippen molar-refractivity contribution in [1.29, 1.82) is 0 Å². The molecule has 1 heterocycles. The van der Waals surface area contributed by atoms with Crippen LogP contribution in [0.5, 0.6) is 0 Å². The number of amides is 1. The highest BCUT2D eigenvalue weighted by atomic mass is 32.2. The van der Waals surface area contributed by atoms with Gasteiger partial charge in [0.2, 0.25) is 10.0 Å². The lowest BCUT2D eigenvalue weighted by Gasteiger charge is -2.20. The van der Waals surface area contributed by atoms with Gasteiger partial charge in [-0.2, -0.15) is 0 Å². The number of hydrogen-bond acceptors (Lipinski definition) is 4. The molecule has 0 spiro atoms. The molecule has 1 aromatic carbocycles. The summed E-state index contributed by atoms with van der Waals surface area (Å²) >= 11 is 0. The first-order valence-corrected chi connectivity index (χ1v) is 11.5. The van der Waals surface area contributed by atoms with Crippen LogP contribution >= 0.6 is 0 Å². The van der Waals surface area contributed by atoms with Gasteiger partial charge in [-0.15, -0.1) is 0 Å². The lowest BCUT2D eigenvalue weighted by atomic mass is 9.98. The summed E-state index contributed by atoms with van der Waals surface area (Å²) in [4.78, 5) is 15.1. The zero-order valence-corrected chi connectivity index (χ0v) is 16.7. The van der Waals surface area contributed by atoms with Crippen molar-refractivity contribution in [2.75, 3.05) is 13.1 Å². The first-order chi connectivity index (χ1) is 12.8. The molecule has 3 aliphatic rings. The van der Waals surface area contributed by atoms with Gasteiger partial charge in [-0.1, -0.05) is 18.9 Å². The van der Waals surface area contributed by atoms with Crippen LogP contribution in [0.25, 0.3) is 0 Å². The van der Waals surface area contributed by atoms with Gasteiger partial charge in [-0.05, 0) is 62.1 Å². The SMILES string of the molecule is Cc1ccc(C(=O)N2CC3CCC(N)C3C2)cc1S(=O)(=O)NC1CCCC1. The Balaban J connectivity index is 1.54. The van der Waals surface area contributed by atoms with E-state index >= 15 is 0 Å². The third-order valence-corrected chi connectivity index (χ3v) is 8.26. The van der Waals surface area contributed by atoms with E-state index in [4.69, 9.17) is 5.73 Å². The van der Waals surface area contributed by atoms with Crippen LogP contribution in [0.2, 0.25) is 0 Å². The molecular formula is C20H29N3O3S. The number of carbonyl (C=O) groups is 1. The fraction of sp³-hybridized carbons (Fsp3) is 0.650. The number of carbonyl (C=O) groups excluding carboxylic acids is 1. The van der Waals surface area contributed by atoms with E-state index in [1.54, 1.807) is 25.1 Å². The molecule has 1 aromatic rings. The van der Waals surface area contributed by atoms with Crippen molar-refractivity contribution in [2.24, 2.45) is 17.6 Å². The highest BCUT2D eigenvalue weighted by molar-refractivity contribution is 7.89. The molecule has 0 bridgehead atoms. The average Bonchev–Trinajstić information content (AvgIpc) is 3.34. The second-order valence-corrected chi connectivity index (χ2v) is 10.1. The fourth-order valence-electron chi connectivity index (χ4n) is 5.01. The topological polar surface area (TPSA) is 92.5 Å². The Morgan fingerprint density at radius 2 is 1.89 bits per heavy atom. The third kappa shape index (κ3) is 3.65. The molecule has 2 aliphatic carbocycles. The zero-order valence-electron chi connectivity index (χ0n) is 15.9. The van der Waals surface area contributed by atoms with Crippen molar-refractivity contribution in [3.05, 3.63) is 29.3 Å². The summed E-state index contributed by atoms with van der Waals surface area (Å²) in [6.07, 6.45) is 6.00. The minimum absolute atomic E-state index is 0.00759. The van der Waals surface area contributed by atoms with E-state index in [1.165, 1.54) is 0 Å². The van der Waals surface area contributed by atoms with Crippen LogP contribution in [0, 0.1) is 18.8 Å². The van der Waals surface area contributed by atoms with Crippen LogP contribution in [0.4, 0.5) is 0 Å². The van der Waals surface area contributed by atoms with Crippen LogP contribution in [0.15, 0.2) is 23.1 Å². The quantitative estimate of drug-likeness (QED) is 0.821. The van der Waals surface area contributed by atoms with Gasteiger partial charge >= 0.3 is 0 Å². The number of aryl methyl sites for hydroxylation is 1. The molecule has 3 fully saturated rings. The summed E-state index contributed by atoms with van der Waals surface area (Å²) in [7, 11) is -3.62. The van der Waals surface area contributed by atoms with Crippen LogP contribution in [0.3, 0.4) is 0 Å². The fourth-order valence-corrected chi connectivity index (χ4v) is 6.58. The minimum atomic E-state index is -3.62. The van der Waals surface area contributed by atoms with E-state index < -0.39 is 10.0 Å². The summed E-state index contributed by atoms with van der Waals surface area (Å²) in [5, 5.41) is 0. The van der Waals surface area contributed by atoms with Crippen LogP contribution in [-0.4, -0.2) is 44.4 Å². The van der Waals surface area contributed by atoms with Crippen molar-refractivity contribution < 1.29 is 13.2 Å². The number of nitrogens with one attached hydrogen (secondary N) is 1. The highest BCUT2D eigenvalue weighted by Crippen LogP contribution is 2.37. The molecule has 0 aromatic heterocycles. The molecule has 1 amide bonds. The van der Waals surface area contributed by atoms with Crippen molar-refractivity contribution in [3.63, 3.8) is 0 Å². The van der Waals surface area contributed by atoms with Crippen LogP contribution in [-0.2, 0) is 10.0 Å². The maximum atomic E-state index is 13.0. The number of rotatable bonds is 4. The van der Waals surface area contributed by atoms with E-state index in [2.05, 4.69) is 4.72 Å². The Hall–Kier alpha value is -1.44. The summed E-state index contributed by atoms with van der Waals surface area (Å²) < 4.78 is 28.5. The van der Waals surface area contributed by atoms with Gasteiger partial charge < -0.3 is 10.6 Å². The molecule has 2 saturated carbocycles. The largest absolute Gasteiger partial charge is 0.338 e. The first kappa shape index (κ1) is 18.9. The highest BCUT2D eigenvalue weighted by Gasteiger charge is 2.42. The maximum absolute atomic E-state index is 13.0. The van der Waals surface area contributed by atoms with Gasteiger partial charge in [-0.25, -0.2) is 13.1 Å². The summed E-state index contributed by atoms with van der Waals surface area (Å²) in [5.41, 5.74) is 7.28. The molecule has 3 atom stereocenters. The monoisotopic (exact) mass is 391 g/mol. The smallest absolute Gasteiger partial charge is 0.253 e. The van der Waals surface area contributed by atoms with Gasteiger partial charge in [0.15, 0.2) is 0 Å². The van der Waals surface area contributed by atoms with Crippen LogP contribution < -0.4 is 10.5 Å². The number of nitrogens with zero attached hydrogens (tertiary/aromatic N) is 1. The summed E-state index contributed by atoms with van der Waals surface area (Å²) in [6, 6.07) is 5.20. The molecule has 0 radical (unpaired) electrons. The predicted molar refractivity (Wildman–Crippen MR) is 104 cm³/mol. The number of sulfonamides is 1. The van der Waals surface area contributed by atoms with Crippen molar-refractivity contribution >= 4 is 15.9 Å². The molecule has 1 saturated heterocycles. The average molecular weight is 392 g/mol. The molecule has 6 nitrogen and oxygen atoms in total. The molecule has 3 unspecified atom stereocenters. The second-order valence-electron chi connectivity index (χ2n) is 8.46. The summed E-state index contributed by atoms with van der Waals surface area (Å²) in [6.45, 7) is 3.19. The Morgan fingerprint density at radius 3 is 2.59 bits per heavy atom. The Kier molecular flexibility index (Phi) is 5.03. The van der Waals surface area contributed by atoms with Crippen molar-refractivity contribution in [1.82, 2.24) is 9.62 Å². The molecule has 148 valence electrons. The Bertz CT molecular complexity index is 833. The zero-order chi connectivity index (χ0) is 19.2. The molecule has 1 aliphatic heterocycles. The van der Waals surface area contributed by atoms with Gasteiger partial charge in [0.1, 0.15) is 0 Å². The molecule has 3 N–H and O–H groups in total. The number of benzene rings is 1. The number of fused-ring (bicyclic) bond motifs is 1. The van der Waals surface area contributed by atoms with Gasteiger partial charge in [-0.3, -0.25) is 4.79 Å². The Labute approximate surface area is 161 Å². The summed E-state index contributed by atoms with van der Waals surface area (Å²) in [5.74, 6) is 0.780. The normalized spacial score (nSPS) is 28.7. The van der Waals surface area contributed by atoms with Gasteiger partial charge in [0, 0.05) is 30.7 Å². The third-order valence-electron chi connectivity index (χ3n) is 6.60. The minimum Gasteiger partial charge on any atom is -0.338 e. The first-order valence-electron chi connectivity index (χ1n) is 10.0. The predicted octanol–water partition coefficient (Wildman–Crippen LogP) is 2.03. The molecule has 27 heavy (non-hydrogen) atoms. The maximum Gasteiger partial charge on any atom is 0.253 e. The molecule has 7 heteroatoms. The van der Waals surface area contributed by atoms with E-state index in [1.807, 2.05) is 4.90 Å². The number of nitrogens with two attached hydrogens (primary N) is 1. The second kappa shape index (κ2) is 7.18. The lowest BCUT2D eigenvalue weighted by Crippen LogP contribution is -2.34. The molecular weight excluding hydrogens is 362 g/mol. The number of hydrogen-bond donors (Lipinski definition) is 2. The van der Waals surface area contributed by atoms with E-state index in [-0.39, 0.29) is 22.9 Å². The van der Waals surface area contributed by atoms with E-state index in [0.717, 1.165) is 45.1 Å². The number of likely N-dealkylation sites (tertiary alicyclic amines) is 1. The Morgan fingerprint density at radius 1 is 1.15 bits per heavy atom. The van der Waals surface area contributed by atoms with Crippen LogP contribution in [0.1, 0.15) is 54.4 Å². The standard InChI is InChI=1S/C20H29N3O3S/c1-13-6-7-14(10-19(13)27(25,26)22-16-4-2-3-5-16)20(24)23-11-15-8-9-18(21)17(15)12-23/h6-7,10,15-18,22H,2-5,8-9,11-12,21H2,1H3. The van der Waals surface area contributed by atoms with E-state index in [9.17, 15) is 13.2 Å². The molecule has 4 rings (SSSR count).